The summed E-state index contributed by atoms with van der Waals surface area (Å²) in [6, 6.07) is 59.9. The lowest BCUT2D eigenvalue weighted by molar-refractivity contribution is 0.661. The van der Waals surface area contributed by atoms with Crippen molar-refractivity contribution in [2.24, 2.45) is 0 Å². The Labute approximate surface area is 305 Å². The molecule has 10 aromatic rings. The van der Waals surface area contributed by atoms with Crippen molar-refractivity contribution in [3.63, 3.8) is 0 Å². The van der Waals surface area contributed by atoms with Gasteiger partial charge in [0, 0.05) is 53.1 Å². The fourth-order valence-corrected chi connectivity index (χ4v) is 9.96. The van der Waals surface area contributed by atoms with Gasteiger partial charge in [-0.3, -0.25) is 0 Å². The fraction of sp³-hybridized carbons (Fsp3) is 0.0612. The van der Waals surface area contributed by atoms with Crippen LogP contribution in [0.5, 0.6) is 0 Å². The highest BCUT2D eigenvalue weighted by atomic mass is 32.1. The first-order chi connectivity index (χ1) is 25.5. The lowest BCUT2D eigenvalue weighted by atomic mass is 9.81. The summed E-state index contributed by atoms with van der Waals surface area (Å²) in [4.78, 5) is 2.47. The first-order valence-corrected chi connectivity index (χ1v) is 18.7. The molecule has 0 radical (unpaired) electrons. The second-order valence-electron chi connectivity index (χ2n) is 14.5. The van der Waals surface area contributed by atoms with Crippen LogP contribution in [0.2, 0.25) is 0 Å². The Morgan fingerprint density at radius 1 is 0.519 bits per heavy atom. The van der Waals surface area contributed by atoms with Gasteiger partial charge in [-0.15, -0.1) is 11.3 Å². The van der Waals surface area contributed by atoms with Gasteiger partial charge >= 0.3 is 0 Å². The molecule has 1 aliphatic rings. The molecule has 0 unspecified atom stereocenters. The van der Waals surface area contributed by atoms with Crippen LogP contribution in [0, 0.1) is 0 Å². The Morgan fingerprint density at radius 2 is 1.23 bits per heavy atom. The Bertz CT molecular complexity index is 3050. The van der Waals surface area contributed by atoms with Gasteiger partial charge in [0.15, 0.2) is 0 Å². The summed E-state index contributed by atoms with van der Waals surface area (Å²) in [7, 11) is 0. The summed E-state index contributed by atoms with van der Waals surface area (Å²) in [5, 5.41) is 7.23. The van der Waals surface area contributed by atoms with E-state index in [2.05, 4.69) is 183 Å². The van der Waals surface area contributed by atoms with Gasteiger partial charge in [0.05, 0.1) is 5.69 Å². The molecule has 2 nitrogen and oxygen atoms in total. The molecule has 246 valence electrons. The Kier molecular flexibility index (Phi) is 6.21. The van der Waals surface area contributed by atoms with Gasteiger partial charge in [0.1, 0.15) is 11.2 Å². The minimum atomic E-state index is -0.165. The Balaban J connectivity index is 1.11. The van der Waals surface area contributed by atoms with E-state index in [0.29, 0.717) is 0 Å². The van der Waals surface area contributed by atoms with Crippen LogP contribution in [0.3, 0.4) is 0 Å². The van der Waals surface area contributed by atoms with Crippen LogP contribution in [0.25, 0.3) is 75.1 Å². The summed E-state index contributed by atoms with van der Waals surface area (Å²) < 4.78 is 9.17. The number of rotatable bonds is 4. The van der Waals surface area contributed by atoms with Crippen LogP contribution in [0.15, 0.2) is 168 Å². The molecule has 0 aliphatic heterocycles. The number of anilines is 3. The molecule has 0 saturated heterocycles. The predicted molar refractivity (Wildman–Crippen MR) is 222 cm³/mol. The van der Waals surface area contributed by atoms with E-state index >= 15 is 0 Å². The van der Waals surface area contributed by atoms with Gasteiger partial charge < -0.3 is 9.32 Å². The normalized spacial score (nSPS) is 13.3. The highest BCUT2D eigenvalue weighted by Gasteiger charge is 2.38. The second-order valence-corrected chi connectivity index (χ2v) is 15.6. The molecule has 11 rings (SSSR count). The van der Waals surface area contributed by atoms with Gasteiger partial charge in [0.25, 0.3) is 0 Å². The number of hydrogen-bond donors (Lipinski definition) is 0. The lowest BCUT2D eigenvalue weighted by Gasteiger charge is -2.32. The lowest BCUT2D eigenvalue weighted by Crippen LogP contribution is -2.20. The number of fused-ring (bicyclic) bond motifs is 11. The standard InChI is InChI=1S/C49H33NOS/c1-49(2)41-17-7-5-13-36(41)38-16-9-18-42(47(38)49)50(33-26-28-45-40(29-33)37-14-6-8-20-44(37)52-45)32-24-21-31(22-25-32)34-15-10-19-43-46(34)39-27-23-30-11-3-4-12-35(30)48(39)51-43/h3-29H,1-2H3. The second kappa shape index (κ2) is 10.9. The number of thiophene rings is 1. The Hall–Kier alpha value is -6.16. The predicted octanol–water partition coefficient (Wildman–Crippen LogP) is 14.6. The number of nitrogens with zero attached hydrogens (tertiary/aromatic N) is 1. The highest BCUT2D eigenvalue weighted by Crippen LogP contribution is 2.54. The van der Waals surface area contributed by atoms with Crippen molar-refractivity contribution in [1.29, 1.82) is 0 Å². The molecular formula is C49H33NOS. The molecule has 8 aromatic carbocycles. The van der Waals surface area contributed by atoms with Crippen molar-refractivity contribution in [2.75, 3.05) is 4.90 Å². The average molecular weight is 684 g/mol. The van der Waals surface area contributed by atoms with Gasteiger partial charge in [-0.2, -0.15) is 0 Å². The van der Waals surface area contributed by atoms with Crippen LogP contribution in [-0.2, 0) is 5.41 Å². The minimum Gasteiger partial charge on any atom is -0.455 e. The molecule has 0 saturated carbocycles. The molecule has 1 aliphatic carbocycles. The highest BCUT2D eigenvalue weighted by molar-refractivity contribution is 7.25. The third-order valence-corrected chi connectivity index (χ3v) is 12.4. The number of benzene rings is 8. The summed E-state index contributed by atoms with van der Waals surface area (Å²) in [6.45, 7) is 4.74. The molecule has 0 amide bonds. The average Bonchev–Trinajstić information content (AvgIpc) is 3.83. The summed E-state index contributed by atoms with van der Waals surface area (Å²) in [5.41, 5.74) is 12.9. The smallest absolute Gasteiger partial charge is 0.143 e. The number of hydrogen-bond acceptors (Lipinski definition) is 3. The molecular weight excluding hydrogens is 651 g/mol. The van der Waals surface area contributed by atoms with Crippen LogP contribution >= 0.6 is 11.3 Å². The molecule has 0 atom stereocenters. The van der Waals surface area contributed by atoms with E-state index in [0.717, 1.165) is 44.3 Å². The van der Waals surface area contributed by atoms with Crippen molar-refractivity contribution in [1.82, 2.24) is 0 Å². The maximum Gasteiger partial charge on any atom is 0.143 e. The van der Waals surface area contributed by atoms with Crippen molar-refractivity contribution in [2.45, 2.75) is 19.3 Å². The molecule has 52 heavy (non-hydrogen) atoms. The van der Waals surface area contributed by atoms with Crippen molar-refractivity contribution < 1.29 is 4.42 Å². The van der Waals surface area contributed by atoms with E-state index in [1.165, 1.54) is 59.1 Å². The van der Waals surface area contributed by atoms with E-state index in [-0.39, 0.29) is 5.41 Å². The third kappa shape index (κ3) is 4.17. The molecule has 2 aromatic heterocycles. The van der Waals surface area contributed by atoms with Crippen molar-refractivity contribution in [3.05, 3.63) is 175 Å². The van der Waals surface area contributed by atoms with Crippen LogP contribution in [0.1, 0.15) is 25.0 Å². The summed E-state index contributed by atoms with van der Waals surface area (Å²) in [6.07, 6.45) is 0. The van der Waals surface area contributed by atoms with Crippen molar-refractivity contribution >= 4 is 81.3 Å². The van der Waals surface area contributed by atoms with E-state index < -0.39 is 0 Å². The van der Waals surface area contributed by atoms with Gasteiger partial charge in [-0.1, -0.05) is 123 Å². The zero-order valence-electron chi connectivity index (χ0n) is 28.9. The fourth-order valence-electron chi connectivity index (χ4n) is 8.87. The first kappa shape index (κ1) is 29.6. The molecule has 0 N–H and O–H groups in total. The summed E-state index contributed by atoms with van der Waals surface area (Å²) in [5.74, 6) is 0. The Morgan fingerprint density at radius 3 is 2.13 bits per heavy atom. The zero-order valence-corrected chi connectivity index (χ0v) is 29.7. The largest absolute Gasteiger partial charge is 0.455 e. The maximum absolute atomic E-state index is 6.55. The molecule has 0 fully saturated rings. The van der Waals surface area contributed by atoms with Gasteiger partial charge in [0.2, 0.25) is 0 Å². The van der Waals surface area contributed by atoms with E-state index in [9.17, 15) is 0 Å². The monoisotopic (exact) mass is 683 g/mol. The molecule has 0 spiro atoms. The van der Waals surface area contributed by atoms with Crippen LogP contribution in [-0.4, -0.2) is 0 Å². The SMILES string of the molecule is CC1(C)c2ccccc2-c2cccc(N(c3ccc(-c4cccc5oc6c7ccccc7ccc6c45)cc3)c3ccc4sc5ccccc5c4c3)c21. The maximum atomic E-state index is 6.55. The third-order valence-electron chi connectivity index (χ3n) is 11.2. The number of furan rings is 1. The molecule has 0 bridgehead atoms. The van der Waals surface area contributed by atoms with Crippen LogP contribution in [0.4, 0.5) is 17.1 Å². The van der Waals surface area contributed by atoms with E-state index in [4.69, 9.17) is 4.42 Å². The first-order valence-electron chi connectivity index (χ1n) is 17.9. The topological polar surface area (TPSA) is 16.4 Å². The van der Waals surface area contributed by atoms with Gasteiger partial charge in [-0.25, -0.2) is 0 Å². The zero-order chi connectivity index (χ0) is 34.6. The van der Waals surface area contributed by atoms with Crippen LogP contribution < -0.4 is 4.90 Å². The van der Waals surface area contributed by atoms with Gasteiger partial charge in [-0.05, 0) is 93.4 Å². The quantitative estimate of drug-likeness (QED) is 0.184. The van der Waals surface area contributed by atoms with Crippen molar-refractivity contribution in [3.8, 4) is 22.3 Å². The summed E-state index contributed by atoms with van der Waals surface area (Å²) >= 11 is 1.86. The van der Waals surface area contributed by atoms with E-state index in [1.807, 2.05) is 11.3 Å². The molecule has 3 heteroatoms. The minimum absolute atomic E-state index is 0.165. The molecule has 2 heterocycles. The van der Waals surface area contributed by atoms with E-state index in [1.54, 1.807) is 0 Å².